The number of hydrogen-bond acceptors (Lipinski definition) is 6. The van der Waals surface area contributed by atoms with Crippen molar-refractivity contribution in [1.82, 2.24) is 20.4 Å². The summed E-state index contributed by atoms with van der Waals surface area (Å²) >= 11 is 0. The highest BCUT2D eigenvalue weighted by Crippen LogP contribution is 2.18. The van der Waals surface area contributed by atoms with E-state index >= 15 is 0 Å². The summed E-state index contributed by atoms with van der Waals surface area (Å²) in [7, 11) is 0. The van der Waals surface area contributed by atoms with E-state index in [0.717, 1.165) is 25.7 Å². The van der Waals surface area contributed by atoms with Gasteiger partial charge in [-0.3, -0.25) is 9.59 Å². The molecule has 138 valence electrons. The second kappa shape index (κ2) is 8.42. The molecule has 1 aliphatic heterocycles. The Morgan fingerprint density at radius 2 is 2.12 bits per heavy atom. The standard InChI is InChI=1S/C17H26N4O4/c1-2-14-19-15(25-20-14)7-8-16(22)21-9-10-24-13(11-21)17(23)18-12-5-3-4-6-12/h12-13H,2-11H2,1H3,(H,18,23)/t13-/m0/s1. The van der Waals surface area contributed by atoms with Crippen LogP contribution >= 0.6 is 0 Å². The van der Waals surface area contributed by atoms with Crippen LogP contribution in [0.3, 0.4) is 0 Å². The van der Waals surface area contributed by atoms with Crippen LogP contribution in [0.1, 0.15) is 50.7 Å². The summed E-state index contributed by atoms with van der Waals surface area (Å²) in [4.78, 5) is 30.6. The minimum absolute atomic E-state index is 0.0155. The number of aromatic nitrogens is 2. The number of ether oxygens (including phenoxy) is 1. The average Bonchev–Trinajstić information content (AvgIpc) is 3.31. The Morgan fingerprint density at radius 3 is 2.84 bits per heavy atom. The molecule has 0 aromatic carbocycles. The predicted molar refractivity (Wildman–Crippen MR) is 88.7 cm³/mol. The molecular weight excluding hydrogens is 324 g/mol. The van der Waals surface area contributed by atoms with Gasteiger partial charge in [0.05, 0.1) is 13.2 Å². The van der Waals surface area contributed by atoms with Crippen molar-refractivity contribution in [3.63, 3.8) is 0 Å². The molecule has 1 N–H and O–H groups in total. The second-order valence-corrected chi connectivity index (χ2v) is 6.65. The highest BCUT2D eigenvalue weighted by atomic mass is 16.5. The second-order valence-electron chi connectivity index (χ2n) is 6.65. The maximum Gasteiger partial charge on any atom is 0.251 e. The largest absolute Gasteiger partial charge is 0.365 e. The van der Waals surface area contributed by atoms with E-state index in [1.165, 1.54) is 0 Å². The number of nitrogens with one attached hydrogen (secondary N) is 1. The van der Waals surface area contributed by atoms with Crippen LogP contribution in [0.5, 0.6) is 0 Å². The third-order valence-corrected chi connectivity index (χ3v) is 4.79. The van der Waals surface area contributed by atoms with Crippen molar-refractivity contribution in [2.45, 2.75) is 64.0 Å². The van der Waals surface area contributed by atoms with E-state index in [1.807, 2.05) is 6.92 Å². The lowest BCUT2D eigenvalue weighted by atomic mass is 10.2. The fraction of sp³-hybridized carbons (Fsp3) is 0.765. The lowest BCUT2D eigenvalue weighted by Crippen LogP contribution is -2.52. The third kappa shape index (κ3) is 4.78. The first-order valence-corrected chi connectivity index (χ1v) is 9.17. The number of aryl methyl sites for hydroxylation is 2. The number of hydrogen-bond donors (Lipinski definition) is 1. The van der Waals surface area contributed by atoms with Crippen LogP contribution < -0.4 is 5.32 Å². The normalized spacial score (nSPS) is 21.5. The fourth-order valence-corrected chi connectivity index (χ4v) is 3.31. The zero-order valence-corrected chi connectivity index (χ0v) is 14.7. The summed E-state index contributed by atoms with van der Waals surface area (Å²) in [5.41, 5.74) is 0. The van der Waals surface area contributed by atoms with Gasteiger partial charge >= 0.3 is 0 Å². The molecule has 0 radical (unpaired) electrons. The number of carbonyl (C=O) groups is 2. The summed E-state index contributed by atoms with van der Waals surface area (Å²) < 4.78 is 10.7. The highest BCUT2D eigenvalue weighted by molar-refractivity contribution is 5.83. The molecule has 3 rings (SSSR count). The summed E-state index contributed by atoms with van der Waals surface area (Å²) in [6.45, 7) is 3.15. The van der Waals surface area contributed by atoms with Crippen molar-refractivity contribution >= 4 is 11.8 Å². The van der Waals surface area contributed by atoms with Crippen LogP contribution in [-0.4, -0.2) is 58.7 Å². The first kappa shape index (κ1) is 17.8. The molecule has 25 heavy (non-hydrogen) atoms. The van der Waals surface area contributed by atoms with E-state index in [1.54, 1.807) is 4.90 Å². The van der Waals surface area contributed by atoms with Crippen molar-refractivity contribution in [3.8, 4) is 0 Å². The SMILES string of the molecule is CCc1noc(CCC(=O)N2CCO[C@H](C(=O)NC3CCCC3)C2)n1. The van der Waals surface area contributed by atoms with Gasteiger partial charge < -0.3 is 19.5 Å². The van der Waals surface area contributed by atoms with Crippen molar-refractivity contribution in [3.05, 3.63) is 11.7 Å². The van der Waals surface area contributed by atoms with Gasteiger partial charge in [-0.25, -0.2) is 0 Å². The van der Waals surface area contributed by atoms with Gasteiger partial charge in [0.25, 0.3) is 5.91 Å². The molecule has 2 fully saturated rings. The molecule has 1 atom stereocenters. The Labute approximate surface area is 147 Å². The summed E-state index contributed by atoms with van der Waals surface area (Å²) in [6.07, 6.45) is 5.24. The van der Waals surface area contributed by atoms with Crippen molar-refractivity contribution in [2.24, 2.45) is 0 Å². The minimum atomic E-state index is -0.576. The molecule has 8 heteroatoms. The molecule has 1 aromatic heterocycles. The van der Waals surface area contributed by atoms with Gasteiger partial charge in [0, 0.05) is 31.8 Å². The molecule has 1 aliphatic carbocycles. The minimum Gasteiger partial charge on any atom is -0.365 e. The zero-order chi connectivity index (χ0) is 17.6. The number of morpholine rings is 1. The first-order chi connectivity index (χ1) is 12.2. The summed E-state index contributed by atoms with van der Waals surface area (Å²) in [5.74, 6) is 1.01. The zero-order valence-electron chi connectivity index (χ0n) is 14.7. The predicted octanol–water partition coefficient (Wildman–Crippen LogP) is 0.851. The van der Waals surface area contributed by atoms with E-state index in [2.05, 4.69) is 15.5 Å². The quantitative estimate of drug-likeness (QED) is 0.817. The van der Waals surface area contributed by atoms with Crippen molar-refractivity contribution in [1.29, 1.82) is 0 Å². The van der Waals surface area contributed by atoms with Crippen LogP contribution in [0.4, 0.5) is 0 Å². The molecule has 1 saturated carbocycles. The molecule has 1 aromatic rings. The molecule has 8 nitrogen and oxygen atoms in total. The van der Waals surface area contributed by atoms with E-state index in [0.29, 0.717) is 50.7 Å². The van der Waals surface area contributed by atoms with Gasteiger partial charge in [0.15, 0.2) is 11.9 Å². The van der Waals surface area contributed by atoms with Crippen LogP contribution in [0.25, 0.3) is 0 Å². The summed E-state index contributed by atoms with van der Waals surface area (Å²) in [6, 6.07) is 0.257. The molecule has 2 aliphatic rings. The number of amides is 2. The van der Waals surface area contributed by atoms with Crippen LogP contribution in [0, 0.1) is 0 Å². The number of rotatable bonds is 6. The smallest absolute Gasteiger partial charge is 0.251 e. The van der Waals surface area contributed by atoms with Gasteiger partial charge in [-0.15, -0.1) is 0 Å². The van der Waals surface area contributed by atoms with Gasteiger partial charge in [-0.05, 0) is 12.8 Å². The molecule has 0 spiro atoms. The topological polar surface area (TPSA) is 97.6 Å². The average molecular weight is 350 g/mol. The Morgan fingerprint density at radius 1 is 1.32 bits per heavy atom. The Balaban J connectivity index is 1.46. The molecule has 0 unspecified atom stereocenters. The van der Waals surface area contributed by atoms with Gasteiger partial charge in [0.1, 0.15) is 0 Å². The van der Waals surface area contributed by atoms with Crippen molar-refractivity contribution < 1.29 is 18.8 Å². The molecule has 1 saturated heterocycles. The maximum absolute atomic E-state index is 12.4. The van der Waals surface area contributed by atoms with Crippen molar-refractivity contribution in [2.75, 3.05) is 19.7 Å². The molecular formula is C17H26N4O4. The third-order valence-electron chi connectivity index (χ3n) is 4.79. The Kier molecular flexibility index (Phi) is 6.01. The van der Waals surface area contributed by atoms with Gasteiger partial charge in [0.2, 0.25) is 11.8 Å². The molecule has 2 amide bonds. The van der Waals surface area contributed by atoms with Gasteiger partial charge in [-0.2, -0.15) is 4.98 Å². The summed E-state index contributed by atoms with van der Waals surface area (Å²) in [5, 5.41) is 6.87. The Bertz CT molecular complexity index is 597. The number of nitrogens with zero attached hydrogens (tertiary/aromatic N) is 3. The molecule has 2 heterocycles. The number of carbonyl (C=O) groups excluding carboxylic acids is 2. The van der Waals surface area contributed by atoms with E-state index < -0.39 is 6.10 Å². The maximum atomic E-state index is 12.4. The van der Waals surface area contributed by atoms with E-state index in [4.69, 9.17) is 9.26 Å². The monoisotopic (exact) mass is 350 g/mol. The van der Waals surface area contributed by atoms with E-state index in [-0.39, 0.29) is 17.9 Å². The first-order valence-electron chi connectivity index (χ1n) is 9.17. The lowest BCUT2D eigenvalue weighted by Gasteiger charge is -2.32. The van der Waals surface area contributed by atoms with Gasteiger partial charge in [-0.1, -0.05) is 24.9 Å². The van der Waals surface area contributed by atoms with E-state index in [9.17, 15) is 9.59 Å². The van der Waals surface area contributed by atoms with Crippen LogP contribution in [-0.2, 0) is 27.2 Å². The van der Waals surface area contributed by atoms with Crippen LogP contribution in [0.2, 0.25) is 0 Å². The molecule has 0 bridgehead atoms. The van der Waals surface area contributed by atoms with Crippen LogP contribution in [0.15, 0.2) is 4.52 Å². The fourth-order valence-electron chi connectivity index (χ4n) is 3.31. The Hall–Kier alpha value is -1.96. The lowest BCUT2D eigenvalue weighted by molar-refractivity contribution is -0.147. The highest BCUT2D eigenvalue weighted by Gasteiger charge is 2.30.